The summed E-state index contributed by atoms with van der Waals surface area (Å²) in [6.07, 6.45) is 4.78. The Kier molecular flexibility index (Phi) is 2.97. The maximum atomic E-state index is 13.7. The third-order valence-electron chi connectivity index (χ3n) is 3.64. The number of nitrogens with zero attached hydrogens (tertiary/aromatic N) is 2. The fourth-order valence-electron chi connectivity index (χ4n) is 2.65. The molecule has 0 aliphatic heterocycles. The first kappa shape index (κ1) is 12.1. The second kappa shape index (κ2) is 4.64. The molecule has 1 aromatic heterocycles. The third kappa shape index (κ3) is 2.20. The molecule has 100 valence electrons. The zero-order valence-electron chi connectivity index (χ0n) is 10.7. The summed E-state index contributed by atoms with van der Waals surface area (Å²) in [5.74, 6) is -1.12. The fraction of sp³-hybridized carbons (Fsp3) is 0.357. The molecule has 3 rings (SSSR count). The summed E-state index contributed by atoms with van der Waals surface area (Å²) < 4.78 is 28.4. The molecular weight excluding hydrogens is 248 g/mol. The van der Waals surface area contributed by atoms with Crippen molar-refractivity contribution in [3.05, 3.63) is 47.3 Å². The molecule has 0 bridgehead atoms. The minimum Gasteiger partial charge on any atom is -0.376 e. The van der Waals surface area contributed by atoms with E-state index in [2.05, 4.69) is 10.4 Å². The average Bonchev–Trinajstić information content (AvgIpc) is 2.76. The van der Waals surface area contributed by atoms with Gasteiger partial charge in [-0.15, -0.1) is 0 Å². The Morgan fingerprint density at radius 1 is 1.37 bits per heavy atom. The highest BCUT2D eigenvalue weighted by atomic mass is 19.1. The maximum absolute atomic E-state index is 13.7. The van der Waals surface area contributed by atoms with Gasteiger partial charge in [0.15, 0.2) is 0 Å². The van der Waals surface area contributed by atoms with Crippen molar-refractivity contribution in [2.24, 2.45) is 7.05 Å². The molecule has 0 radical (unpaired) electrons. The van der Waals surface area contributed by atoms with Crippen LogP contribution in [0.5, 0.6) is 0 Å². The summed E-state index contributed by atoms with van der Waals surface area (Å²) >= 11 is 0. The maximum Gasteiger partial charge on any atom is 0.149 e. The Bertz CT molecular complexity index is 607. The molecular formula is C14H15F2N3. The lowest BCUT2D eigenvalue weighted by atomic mass is 9.93. The molecule has 0 spiro atoms. The van der Waals surface area contributed by atoms with Crippen molar-refractivity contribution in [3.8, 4) is 0 Å². The Morgan fingerprint density at radius 3 is 3.00 bits per heavy atom. The lowest BCUT2D eigenvalue weighted by Gasteiger charge is -2.25. The van der Waals surface area contributed by atoms with Crippen molar-refractivity contribution in [1.29, 1.82) is 0 Å². The molecule has 1 unspecified atom stereocenters. The molecule has 5 heteroatoms. The largest absolute Gasteiger partial charge is 0.376 e. The van der Waals surface area contributed by atoms with Gasteiger partial charge in [-0.05, 0) is 31.4 Å². The van der Waals surface area contributed by atoms with E-state index in [0.717, 1.165) is 30.9 Å². The van der Waals surface area contributed by atoms with Crippen LogP contribution in [-0.4, -0.2) is 9.78 Å². The van der Waals surface area contributed by atoms with E-state index in [-0.39, 0.29) is 6.04 Å². The number of anilines is 1. The molecule has 1 atom stereocenters. The third-order valence-corrected chi connectivity index (χ3v) is 3.64. The van der Waals surface area contributed by atoms with E-state index < -0.39 is 11.6 Å². The van der Waals surface area contributed by atoms with Crippen LogP contribution in [0.3, 0.4) is 0 Å². The van der Waals surface area contributed by atoms with Crippen LogP contribution < -0.4 is 5.32 Å². The molecule has 0 amide bonds. The van der Waals surface area contributed by atoms with E-state index >= 15 is 0 Å². The highest BCUT2D eigenvalue weighted by molar-refractivity contribution is 5.47. The number of benzene rings is 1. The number of halogens is 2. The molecule has 2 aromatic rings. The Balaban J connectivity index is 1.88. The van der Waals surface area contributed by atoms with Crippen molar-refractivity contribution in [2.45, 2.75) is 25.3 Å². The summed E-state index contributed by atoms with van der Waals surface area (Å²) in [7, 11) is 1.92. The zero-order valence-corrected chi connectivity index (χ0v) is 10.7. The zero-order chi connectivity index (χ0) is 13.4. The second-order valence-electron chi connectivity index (χ2n) is 4.88. The van der Waals surface area contributed by atoms with Crippen LogP contribution in [0.25, 0.3) is 0 Å². The number of fused-ring (bicyclic) bond motifs is 1. The van der Waals surface area contributed by atoms with Crippen LogP contribution in [0, 0.1) is 11.6 Å². The first-order valence-corrected chi connectivity index (χ1v) is 6.37. The van der Waals surface area contributed by atoms with Gasteiger partial charge in [0.05, 0.1) is 17.9 Å². The van der Waals surface area contributed by atoms with Crippen LogP contribution in [0.4, 0.5) is 14.5 Å². The predicted octanol–water partition coefficient (Wildman–Crippen LogP) is 3.19. The molecule has 19 heavy (non-hydrogen) atoms. The minimum atomic E-state index is -0.561. The minimum absolute atomic E-state index is 0.0393. The summed E-state index contributed by atoms with van der Waals surface area (Å²) in [5.41, 5.74) is 2.63. The summed E-state index contributed by atoms with van der Waals surface area (Å²) in [5, 5.41) is 7.40. The van der Waals surface area contributed by atoms with Gasteiger partial charge >= 0.3 is 0 Å². The lowest BCUT2D eigenvalue weighted by molar-refractivity contribution is 0.559. The molecule has 0 saturated carbocycles. The molecule has 1 N–H and O–H groups in total. The van der Waals surface area contributed by atoms with Crippen LogP contribution >= 0.6 is 0 Å². The predicted molar refractivity (Wildman–Crippen MR) is 68.9 cm³/mol. The average molecular weight is 263 g/mol. The van der Waals surface area contributed by atoms with E-state index in [1.165, 1.54) is 17.8 Å². The Hall–Kier alpha value is -1.91. The molecule has 0 fully saturated rings. The van der Waals surface area contributed by atoms with Gasteiger partial charge in [0.1, 0.15) is 11.6 Å². The summed E-state index contributed by atoms with van der Waals surface area (Å²) in [4.78, 5) is 0. The molecule has 1 aromatic carbocycles. The number of hydrogen-bond acceptors (Lipinski definition) is 2. The van der Waals surface area contributed by atoms with Gasteiger partial charge in [0.2, 0.25) is 0 Å². The topological polar surface area (TPSA) is 29.9 Å². The van der Waals surface area contributed by atoms with Gasteiger partial charge in [-0.2, -0.15) is 5.10 Å². The second-order valence-corrected chi connectivity index (χ2v) is 4.88. The lowest BCUT2D eigenvalue weighted by Crippen LogP contribution is -2.18. The van der Waals surface area contributed by atoms with Crippen molar-refractivity contribution in [1.82, 2.24) is 9.78 Å². The van der Waals surface area contributed by atoms with Crippen molar-refractivity contribution in [3.63, 3.8) is 0 Å². The molecule has 1 aliphatic rings. The highest BCUT2D eigenvalue weighted by Gasteiger charge is 2.23. The van der Waals surface area contributed by atoms with Gasteiger partial charge in [-0.25, -0.2) is 8.78 Å². The van der Waals surface area contributed by atoms with Gasteiger partial charge in [-0.3, -0.25) is 4.68 Å². The number of nitrogens with one attached hydrogen (secondary N) is 1. The van der Waals surface area contributed by atoms with Gasteiger partial charge in [0.25, 0.3) is 0 Å². The van der Waals surface area contributed by atoms with Gasteiger partial charge < -0.3 is 5.32 Å². The normalized spacial score (nSPS) is 18.2. The van der Waals surface area contributed by atoms with Crippen LogP contribution in [0.1, 0.15) is 30.1 Å². The number of hydrogen-bond donors (Lipinski definition) is 1. The van der Waals surface area contributed by atoms with Crippen LogP contribution in [0.15, 0.2) is 24.4 Å². The fourth-order valence-corrected chi connectivity index (χ4v) is 2.65. The van der Waals surface area contributed by atoms with E-state index in [1.54, 1.807) is 0 Å². The monoisotopic (exact) mass is 263 g/mol. The van der Waals surface area contributed by atoms with Crippen LogP contribution in [0.2, 0.25) is 0 Å². The molecule has 3 nitrogen and oxygen atoms in total. The first-order valence-electron chi connectivity index (χ1n) is 6.37. The van der Waals surface area contributed by atoms with E-state index in [0.29, 0.717) is 5.69 Å². The van der Waals surface area contributed by atoms with E-state index in [1.807, 2.05) is 17.9 Å². The Morgan fingerprint density at radius 2 is 2.21 bits per heavy atom. The summed E-state index contributed by atoms with van der Waals surface area (Å²) in [6.45, 7) is 0. The van der Waals surface area contributed by atoms with Gasteiger partial charge in [-0.1, -0.05) is 0 Å². The molecule has 1 heterocycles. The number of aromatic nitrogens is 2. The van der Waals surface area contributed by atoms with Crippen LogP contribution in [-0.2, 0) is 13.5 Å². The first-order chi connectivity index (χ1) is 9.15. The number of rotatable bonds is 2. The van der Waals surface area contributed by atoms with Gasteiger partial charge in [0, 0.05) is 24.4 Å². The quantitative estimate of drug-likeness (QED) is 0.901. The van der Waals surface area contributed by atoms with Crippen molar-refractivity contribution < 1.29 is 8.78 Å². The number of aryl methyl sites for hydroxylation is 1. The van der Waals surface area contributed by atoms with E-state index in [9.17, 15) is 8.78 Å². The highest BCUT2D eigenvalue weighted by Crippen LogP contribution is 2.32. The SMILES string of the molecule is Cn1ncc2c1CCCC2Nc1ccc(F)cc1F. The standard InChI is InChI=1S/C14H15F2N3/c1-19-14-4-2-3-12(10(14)8-17-19)18-13-6-5-9(15)7-11(13)16/h5-8,12,18H,2-4H2,1H3. The smallest absolute Gasteiger partial charge is 0.149 e. The van der Waals surface area contributed by atoms with Crippen molar-refractivity contribution >= 4 is 5.69 Å². The molecule has 0 saturated heterocycles. The van der Waals surface area contributed by atoms with Crippen molar-refractivity contribution in [2.75, 3.05) is 5.32 Å². The van der Waals surface area contributed by atoms with E-state index in [4.69, 9.17) is 0 Å². The molecule has 1 aliphatic carbocycles. The Labute approximate surface area is 110 Å². The summed E-state index contributed by atoms with van der Waals surface area (Å²) in [6, 6.07) is 3.64.